The van der Waals surface area contributed by atoms with Crippen LogP contribution in [0, 0.1) is 6.92 Å². The van der Waals surface area contributed by atoms with Crippen LogP contribution in [0.3, 0.4) is 0 Å². The maximum absolute atomic E-state index is 12.7. The van der Waals surface area contributed by atoms with Crippen molar-refractivity contribution in [3.63, 3.8) is 0 Å². The number of carbonyl (C=O) groups is 1. The van der Waals surface area contributed by atoms with Gasteiger partial charge in [-0.1, -0.05) is 30.3 Å². The average Bonchev–Trinajstić information content (AvgIpc) is 2.92. The van der Waals surface area contributed by atoms with E-state index in [0.29, 0.717) is 30.1 Å². The van der Waals surface area contributed by atoms with E-state index in [4.69, 9.17) is 4.42 Å². The second kappa shape index (κ2) is 6.02. The van der Waals surface area contributed by atoms with Gasteiger partial charge in [0.1, 0.15) is 5.52 Å². The minimum Gasteiger partial charge on any atom is -0.441 e. The molecule has 0 N–H and O–H groups in total. The fourth-order valence-corrected chi connectivity index (χ4v) is 2.49. The summed E-state index contributed by atoms with van der Waals surface area (Å²) in [4.78, 5) is 18.8. The largest absolute Gasteiger partial charge is 0.441 e. The van der Waals surface area contributed by atoms with E-state index in [1.807, 2.05) is 42.2 Å². The first-order valence-corrected chi connectivity index (χ1v) is 7.38. The molecule has 0 saturated carbocycles. The molecule has 2 aromatic carbocycles. The lowest BCUT2D eigenvalue weighted by Crippen LogP contribution is -2.30. The van der Waals surface area contributed by atoms with Gasteiger partial charge in [-0.2, -0.15) is 0 Å². The highest BCUT2D eigenvalue weighted by atomic mass is 16.3. The van der Waals surface area contributed by atoms with Crippen LogP contribution in [0.1, 0.15) is 28.7 Å². The highest BCUT2D eigenvalue weighted by molar-refractivity contribution is 5.97. The van der Waals surface area contributed by atoms with Crippen LogP contribution >= 0.6 is 0 Å². The van der Waals surface area contributed by atoms with Gasteiger partial charge in [0, 0.05) is 25.6 Å². The number of carbonyl (C=O) groups excluding carboxylic acids is 1. The molecule has 3 rings (SSSR count). The van der Waals surface area contributed by atoms with E-state index in [9.17, 15) is 4.79 Å². The predicted molar refractivity (Wildman–Crippen MR) is 85.6 cm³/mol. The average molecular weight is 294 g/mol. The van der Waals surface area contributed by atoms with Crippen molar-refractivity contribution in [3.8, 4) is 0 Å². The molecule has 1 amide bonds. The molecular weight excluding hydrogens is 276 g/mol. The number of aryl methyl sites for hydroxylation is 1. The quantitative estimate of drug-likeness (QED) is 0.735. The summed E-state index contributed by atoms with van der Waals surface area (Å²) in [5.74, 6) is 0.616. The van der Waals surface area contributed by atoms with Crippen LogP contribution in [0.15, 0.2) is 52.9 Å². The number of rotatable bonds is 4. The fraction of sp³-hybridized carbons (Fsp3) is 0.222. The summed E-state index contributed by atoms with van der Waals surface area (Å²) in [7, 11) is 0. The number of hydrogen-bond acceptors (Lipinski definition) is 3. The molecular formula is C18H18N2O2. The number of amides is 1. The van der Waals surface area contributed by atoms with E-state index in [1.54, 1.807) is 25.1 Å². The van der Waals surface area contributed by atoms with Crippen molar-refractivity contribution < 1.29 is 9.21 Å². The second-order valence-corrected chi connectivity index (χ2v) is 5.22. The van der Waals surface area contributed by atoms with Crippen molar-refractivity contribution in [2.45, 2.75) is 20.4 Å². The van der Waals surface area contributed by atoms with Crippen LogP contribution in [-0.4, -0.2) is 22.3 Å². The molecule has 1 aromatic heterocycles. The standard InChI is InChI=1S/C18H18N2O2/c1-3-20(12-14-7-5-4-6-8-14)18(21)15-9-10-17-16(11-15)19-13(2)22-17/h4-11H,3,12H2,1-2H3. The molecule has 0 unspecified atom stereocenters. The summed E-state index contributed by atoms with van der Waals surface area (Å²) in [6.07, 6.45) is 0. The number of benzene rings is 2. The van der Waals surface area contributed by atoms with E-state index in [-0.39, 0.29) is 5.91 Å². The summed E-state index contributed by atoms with van der Waals surface area (Å²) in [6, 6.07) is 15.4. The summed E-state index contributed by atoms with van der Waals surface area (Å²) in [6.45, 7) is 5.05. The second-order valence-electron chi connectivity index (χ2n) is 5.22. The lowest BCUT2D eigenvalue weighted by atomic mass is 10.1. The Morgan fingerprint density at radius 3 is 2.68 bits per heavy atom. The van der Waals surface area contributed by atoms with Crippen LogP contribution in [0.5, 0.6) is 0 Å². The first-order chi connectivity index (χ1) is 10.7. The molecule has 1 heterocycles. The Morgan fingerprint density at radius 1 is 1.18 bits per heavy atom. The van der Waals surface area contributed by atoms with Crippen LogP contribution in [0.2, 0.25) is 0 Å². The first-order valence-electron chi connectivity index (χ1n) is 7.38. The molecule has 3 aromatic rings. The van der Waals surface area contributed by atoms with Crippen LogP contribution in [0.4, 0.5) is 0 Å². The Balaban J connectivity index is 1.85. The maximum atomic E-state index is 12.7. The molecule has 0 bridgehead atoms. The van der Waals surface area contributed by atoms with Crippen molar-refractivity contribution in [3.05, 3.63) is 65.5 Å². The van der Waals surface area contributed by atoms with Crippen molar-refractivity contribution in [2.24, 2.45) is 0 Å². The SMILES string of the molecule is CCN(Cc1ccccc1)C(=O)c1ccc2oc(C)nc2c1. The third-order valence-electron chi connectivity index (χ3n) is 3.63. The van der Waals surface area contributed by atoms with Crippen LogP contribution in [0.25, 0.3) is 11.1 Å². The molecule has 0 atom stereocenters. The van der Waals surface area contributed by atoms with Gasteiger partial charge >= 0.3 is 0 Å². The molecule has 0 saturated heterocycles. The number of nitrogens with zero attached hydrogens (tertiary/aromatic N) is 2. The lowest BCUT2D eigenvalue weighted by Gasteiger charge is -2.21. The van der Waals surface area contributed by atoms with E-state index in [0.717, 1.165) is 11.1 Å². The van der Waals surface area contributed by atoms with Gasteiger partial charge in [0.05, 0.1) is 0 Å². The highest BCUT2D eigenvalue weighted by Gasteiger charge is 2.16. The number of oxazole rings is 1. The summed E-state index contributed by atoms with van der Waals surface area (Å²) >= 11 is 0. The Morgan fingerprint density at radius 2 is 1.95 bits per heavy atom. The third kappa shape index (κ3) is 2.86. The zero-order valence-electron chi connectivity index (χ0n) is 12.7. The zero-order chi connectivity index (χ0) is 15.5. The van der Waals surface area contributed by atoms with E-state index >= 15 is 0 Å². The fourth-order valence-electron chi connectivity index (χ4n) is 2.49. The smallest absolute Gasteiger partial charge is 0.254 e. The number of aromatic nitrogens is 1. The summed E-state index contributed by atoms with van der Waals surface area (Å²) in [5.41, 5.74) is 3.19. The molecule has 22 heavy (non-hydrogen) atoms. The van der Waals surface area contributed by atoms with Crippen molar-refractivity contribution in [1.29, 1.82) is 0 Å². The molecule has 112 valence electrons. The zero-order valence-corrected chi connectivity index (χ0v) is 12.7. The highest BCUT2D eigenvalue weighted by Crippen LogP contribution is 2.18. The molecule has 0 spiro atoms. The minimum absolute atomic E-state index is 0.00825. The van der Waals surface area contributed by atoms with E-state index in [2.05, 4.69) is 4.98 Å². The van der Waals surface area contributed by atoms with Gasteiger partial charge in [-0.15, -0.1) is 0 Å². The normalized spacial score (nSPS) is 10.8. The van der Waals surface area contributed by atoms with Gasteiger partial charge in [0.15, 0.2) is 11.5 Å². The Hall–Kier alpha value is -2.62. The molecule has 0 radical (unpaired) electrons. The molecule has 0 fully saturated rings. The van der Waals surface area contributed by atoms with Crippen LogP contribution < -0.4 is 0 Å². The van der Waals surface area contributed by atoms with Gasteiger partial charge in [-0.05, 0) is 30.7 Å². The van der Waals surface area contributed by atoms with Crippen molar-refractivity contribution >= 4 is 17.0 Å². The molecule has 0 aliphatic heterocycles. The number of fused-ring (bicyclic) bond motifs is 1. The molecule has 0 aliphatic rings. The van der Waals surface area contributed by atoms with Crippen molar-refractivity contribution in [1.82, 2.24) is 9.88 Å². The topological polar surface area (TPSA) is 46.3 Å². The molecule has 4 heteroatoms. The van der Waals surface area contributed by atoms with Gasteiger partial charge in [0.2, 0.25) is 0 Å². The van der Waals surface area contributed by atoms with Gasteiger partial charge in [0.25, 0.3) is 5.91 Å². The third-order valence-corrected chi connectivity index (χ3v) is 3.63. The summed E-state index contributed by atoms with van der Waals surface area (Å²) in [5, 5.41) is 0. The predicted octanol–water partition coefficient (Wildman–Crippen LogP) is 3.80. The summed E-state index contributed by atoms with van der Waals surface area (Å²) < 4.78 is 5.45. The van der Waals surface area contributed by atoms with E-state index < -0.39 is 0 Å². The van der Waals surface area contributed by atoms with E-state index in [1.165, 1.54) is 0 Å². The monoisotopic (exact) mass is 294 g/mol. The van der Waals surface area contributed by atoms with Gasteiger partial charge in [-0.25, -0.2) is 4.98 Å². The Bertz CT molecular complexity index is 793. The lowest BCUT2D eigenvalue weighted by molar-refractivity contribution is 0.0752. The molecule has 4 nitrogen and oxygen atoms in total. The minimum atomic E-state index is 0.00825. The Kier molecular flexibility index (Phi) is 3.92. The maximum Gasteiger partial charge on any atom is 0.254 e. The molecule has 0 aliphatic carbocycles. The van der Waals surface area contributed by atoms with Crippen molar-refractivity contribution in [2.75, 3.05) is 6.54 Å². The van der Waals surface area contributed by atoms with Gasteiger partial charge in [-0.3, -0.25) is 4.79 Å². The Labute approximate surface area is 129 Å². The first kappa shape index (κ1) is 14.3. The van der Waals surface area contributed by atoms with Gasteiger partial charge < -0.3 is 9.32 Å². The number of hydrogen-bond donors (Lipinski definition) is 0. The van der Waals surface area contributed by atoms with Crippen LogP contribution in [-0.2, 0) is 6.54 Å².